The minimum atomic E-state index is 0. The molecule has 19 heavy (non-hydrogen) atoms. The Hall–Kier alpha value is -1.90. The summed E-state index contributed by atoms with van der Waals surface area (Å²) in [4.78, 5) is 0. The fourth-order valence-corrected chi connectivity index (χ4v) is 2.20. The van der Waals surface area contributed by atoms with Gasteiger partial charge in [-0.05, 0) is 23.2 Å². The van der Waals surface area contributed by atoms with Crippen LogP contribution in [0.15, 0.2) is 59.3 Å². The summed E-state index contributed by atoms with van der Waals surface area (Å²) >= 11 is 0. The van der Waals surface area contributed by atoms with Crippen LogP contribution in [0.3, 0.4) is 0 Å². The van der Waals surface area contributed by atoms with E-state index in [0.29, 0.717) is 0 Å². The molecule has 95 valence electrons. The van der Waals surface area contributed by atoms with Crippen LogP contribution < -0.4 is 0 Å². The van der Waals surface area contributed by atoms with Crippen LogP contribution in [-0.4, -0.2) is 9.78 Å². The summed E-state index contributed by atoms with van der Waals surface area (Å²) in [7, 11) is 0. The Morgan fingerprint density at radius 2 is 1.95 bits per heavy atom. The van der Waals surface area contributed by atoms with Gasteiger partial charge in [0.1, 0.15) is 5.58 Å². The molecule has 0 saturated heterocycles. The summed E-state index contributed by atoms with van der Waals surface area (Å²) in [6, 6.07) is 17.1. The molecule has 0 atom stereocenters. The molecule has 2 aromatic carbocycles. The van der Waals surface area contributed by atoms with Crippen molar-refractivity contribution in [2.75, 3.05) is 0 Å². The Kier molecular flexibility index (Phi) is 2.97. The molecule has 0 fully saturated rings. The first-order chi connectivity index (χ1) is 8.92. The van der Waals surface area contributed by atoms with E-state index in [4.69, 9.17) is 4.42 Å². The molecule has 0 amide bonds. The third kappa shape index (κ3) is 1.89. The Morgan fingerprint density at radius 3 is 2.79 bits per heavy atom. The number of furan rings is 1. The van der Waals surface area contributed by atoms with E-state index >= 15 is 0 Å². The number of para-hydroxylation sites is 1. The number of nitrogens with zero attached hydrogens (tertiary/aromatic N) is 2. The first-order valence-electron chi connectivity index (χ1n) is 5.75. The van der Waals surface area contributed by atoms with E-state index in [-0.39, 0.29) is 20.1 Å². The monoisotopic (exact) mass is 426 g/mol. The largest absolute Gasteiger partial charge is 0.483 e. The van der Waals surface area contributed by atoms with Gasteiger partial charge in [-0.3, -0.25) is 4.68 Å². The molecule has 0 aliphatic heterocycles. The zero-order valence-electron chi connectivity index (χ0n) is 9.83. The second-order valence-electron chi connectivity index (χ2n) is 4.15. The van der Waals surface area contributed by atoms with Crippen molar-refractivity contribution in [2.24, 2.45) is 0 Å². The Bertz CT molecular complexity index is 834. The van der Waals surface area contributed by atoms with Crippen molar-refractivity contribution in [1.29, 1.82) is 0 Å². The van der Waals surface area contributed by atoms with Gasteiger partial charge in [-0.2, -0.15) is 17.2 Å². The zero-order valence-corrected chi connectivity index (χ0v) is 12.2. The number of hydrogen-bond acceptors (Lipinski definition) is 2. The van der Waals surface area contributed by atoms with Gasteiger partial charge in [0.25, 0.3) is 0 Å². The minimum Gasteiger partial charge on any atom is -0.483 e. The number of rotatable bonds is 1. The van der Waals surface area contributed by atoms with Gasteiger partial charge >= 0.3 is 0 Å². The average molecular weight is 425 g/mol. The summed E-state index contributed by atoms with van der Waals surface area (Å²) in [5.41, 5.74) is 2.64. The molecule has 2 aromatic heterocycles. The van der Waals surface area contributed by atoms with E-state index in [1.165, 1.54) is 0 Å². The van der Waals surface area contributed by atoms with E-state index in [2.05, 4.69) is 17.2 Å². The summed E-state index contributed by atoms with van der Waals surface area (Å²) < 4.78 is 7.60. The molecular formula is C15H9IrN2O-. The van der Waals surface area contributed by atoms with Gasteiger partial charge in [-0.25, -0.2) is 0 Å². The quantitative estimate of drug-likeness (QED) is 0.437. The first kappa shape index (κ1) is 12.1. The van der Waals surface area contributed by atoms with Crippen LogP contribution in [0.5, 0.6) is 0 Å². The van der Waals surface area contributed by atoms with Crippen molar-refractivity contribution in [1.82, 2.24) is 9.78 Å². The summed E-state index contributed by atoms with van der Waals surface area (Å²) in [5, 5.41) is 6.40. The van der Waals surface area contributed by atoms with Crippen LogP contribution in [-0.2, 0) is 20.1 Å². The molecule has 1 radical (unpaired) electrons. The molecule has 4 rings (SSSR count). The maximum Gasteiger partial charge on any atom is 0.120 e. The van der Waals surface area contributed by atoms with E-state index < -0.39 is 0 Å². The average Bonchev–Trinajstić information content (AvgIpc) is 3.05. The van der Waals surface area contributed by atoms with Crippen molar-refractivity contribution in [3.63, 3.8) is 0 Å². The summed E-state index contributed by atoms with van der Waals surface area (Å²) in [5.74, 6) is 0. The fraction of sp³-hybridized carbons (Fsp3) is 0. The molecule has 0 spiro atoms. The summed E-state index contributed by atoms with van der Waals surface area (Å²) in [6.45, 7) is 0. The molecule has 3 nitrogen and oxygen atoms in total. The van der Waals surface area contributed by atoms with Crippen LogP contribution >= 0.6 is 0 Å². The molecule has 0 N–H and O–H groups in total. The van der Waals surface area contributed by atoms with Crippen molar-refractivity contribution in [2.45, 2.75) is 0 Å². The Labute approximate surface area is 123 Å². The van der Waals surface area contributed by atoms with Crippen LogP contribution in [0.4, 0.5) is 0 Å². The van der Waals surface area contributed by atoms with E-state index in [0.717, 1.165) is 27.6 Å². The van der Waals surface area contributed by atoms with Crippen molar-refractivity contribution >= 4 is 21.9 Å². The van der Waals surface area contributed by atoms with Gasteiger partial charge in [-0.15, -0.1) is 6.07 Å². The van der Waals surface area contributed by atoms with E-state index in [9.17, 15) is 0 Å². The third-order valence-corrected chi connectivity index (χ3v) is 3.05. The topological polar surface area (TPSA) is 31.0 Å². The van der Waals surface area contributed by atoms with Gasteiger partial charge in [0.15, 0.2) is 0 Å². The Balaban J connectivity index is 0.00000110. The Morgan fingerprint density at radius 1 is 1.05 bits per heavy atom. The van der Waals surface area contributed by atoms with Gasteiger partial charge < -0.3 is 4.42 Å². The van der Waals surface area contributed by atoms with Gasteiger partial charge in [-0.1, -0.05) is 23.6 Å². The molecule has 0 unspecified atom stereocenters. The molecular weight excluding hydrogens is 416 g/mol. The predicted molar refractivity (Wildman–Crippen MR) is 69.7 cm³/mol. The van der Waals surface area contributed by atoms with Gasteiger partial charge in [0, 0.05) is 38.1 Å². The van der Waals surface area contributed by atoms with Crippen LogP contribution in [0, 0.1) is 6.07 Å². The normalized spacial score (nSPS) is 10.7. The minimum absolute atomic E-state index is 0. The molecule has 0 bridgehead atoms. The van der Waals surface area contributed by atoms with Crippen molar-refractivity contribution in [3.05, 3.63) is 60.9 Å². The molecule has 4 aromatic rings. The molecule has 0 aliphatic rings. The second kappa shape index (κ2) is 4.65. The standard InChI is InChI=1S/C15H9N2O.Ir/c1-2-5-14-12(4-1)13-7-6-11(10-15(13)18-14)17-9-3-8-16-17;/h1-5,7-10H;/q-1;. The van der Waals surface area contributed by atoms with Crippen LogP contribution in [0.2, 0.25) is 0 Å². The molecule has 0 aliphatic carbocycles. The van der Waals surface area contributed by atoms with Crippen molar-refractivity contribution < 1.29 is 24.5 Å². The van der Waals surface area contributed by atoms with Crippen LogP contribution in [0.1, 0.15) is 0 Å². The van der Waals surface area contributed by atoms with E-state index in [1.807, 2.05) is 42.6 Å². The third-order valence-electron chi connectivity index (χ3n) is 3.05. The predicted octanol–water partition coefficient (Wildman–Crippen LogP) is 3.57. The smallest absolute Gasteiger partial charge is 0.120 e. The first-order valence-corrected chi connectivity index (χ1v) is 5.75. The van der Waals surface area contributed by atoms with Gasteiger partial charge in [0.2, 0.25) is 0 Å². The number of fused-ring (bicyclic) bond motifs is 3. The van der Waals surface area contributed by atoms with E-state index in [1.54, 1.807) is 10.9 Å². The number of aromatic nitrogens is 2. The molecule has 0 saturated carbocycles. The maximum absolute atomic E-state index is 5.83. The number of benzene rings is 2. The SMILES string of the molecule is [Ir].[c-]1cc2c(cc1-n1cccn1)oc1ccccc12. The maximum atomic E-state index is 5.83. The molecule has 2 heterocycles. The fourth-order valence-electron chi connectivity index (χ4n) is 2.20. The van der Waals surface area contributed by atoms with Crippen LogP contribution in [0.25, 0.3) is 27.6 Å². The second-order valence-corrected chi connectivity index (χ2v) is 4.15. The summed E-state index contributed by atoms with van der Waals surface area (Å²) in [6.07, 6.45) is 3.64. The zero-order chi connectivity index (χ0) is 11.9. The van der Waals surface area contributed by atoms with Crippen molar-refractivity contribution in [3.8, 4) is 5.69 Å². The molecule has 4 heteroatoms. The number of hydrogen-bond donors (Lipinski definition) is 0. The van der Waals surface area contributed by atoms with Gasteiger partial charge in [0.05, 0.1) is 0 Å².